The van der Waals surface area contributed by atoms with E-state index < -0.39 is 0 Å². The molecule has 2 aliphatic heterocycles. The number of thiazole rings is 1. The summed E-state index contributed by atoms with van der Waals surface area (Å²) in [5, 5.41) is 6.59. The van der Waals surface area contributed by atoms with Gasteiger partial charge in [0.2, 0.25) is 5.91 Å². The Morgan fingerprint density at radius 3 is 3.22 bits per heavy atom. The van der Waals surface area contributed by atoms with Crippen LogP contribution in [0.2, 0.25) is 0 Å². The summed E-state index contributed by atoms with van der Waals surface area (Å²) in [5.74, 6) is 0.944. The molecular weight excluding hydrogens is 246 g/mol. The SMILES string of the molecule is Cc1nc(CN2C(=O)CCC3CNCCC32)cs1. The van der Waals surface area contributed by atoms with Gasteiger partial charge in [0, 0.05) is 17.8 Å². The number of hydrogen-bond donors (Lipinski definition) is 1. The van der Waals surface area contributed by atoms with E-state index in [-0.39, 0.29) is 0 Å². The average molecular weight is 265 g/mol. The van der Waals surface area contributed by atoms with Gasteiger partial charge in [-0.2, -0.15) is 0 Å². The van der Waals surface area contributed by atoms with Crippen molar-refractivity contribution in [3.8, 4) is 0 Å². The lowest BCUT2D eigenvalue weighted by atomic mass is 9.84. The van der Waals surface area contributed by atoms with E-state index in [1.165, 1.54) is 0 Å². The van der Waals surface area contributed by atoms with Crippen LogP contribution in [0.25, 0.3) is 0 Å². The maximum absolute atomic E-state index is 12.1. The second kappa shape index (κ2) is 4.97. The number of likely N-dealkylation sites (tertiary alicyclic amines) is 1. The first-order chi connectivity index (χ1) is 8.74. The second-order valence-corrected chi connectivity index (χ2v) is 6.30. The summed E-state index contributed by atoms with van der Waals surface area (Å²) in [4.78, 5) is 18.7. The van der Waals surface area contributed by atoms with Crippen LogP contribution in [0.4, 0.5) is 0 Å². The fourth-order valence-electron chi connectivity index (χ4n) is 3.11. The first kappa shape index (κ1) is 12.1. The highest BCUT2D eigenvalue weighted by molar-refractivity contribution is 7.09. The summed E-state index contributed by atoms with van der Waals surface area (Å²) in [5.41, 5.74) is 1.05. The maximum Gasteiger partial charge on any atom is 0.223 e. The summed E-state index contributed by atoms with van der Waals surface area (Å²) in [6.45, 7) is 4.80. The number of carbonyl (C=O) groups is 1. The zero-order valence-corrected chi connectivity index (χ0v) is 11.5. The number of rotatable bonds is 2. The quantitative estimate of drug-likeness (QED) is 0.882. The number of aryl methyl sites for hydroxylation is 1. The van der Waals surface area contributed by atoms with Gasteiger partial charge in [0.25, 0.3) is 0 Å². The molecule has 98 valence electrons. The molecule has 0 aliphatic carbocycles. The van der Waals surface area contributed by atoms with Gasteiger partial charge in [-0.15, -0.1) is 11.3 Å². The molecule has 0 spiro atoms. The lowest BCUT2D eigenvalue weighted by Gasteiger charge is -2.43. The van der Waals surface area contributed by atoms with Gasteiger partial charge >= 0.3 is 0 Å². The predicted octanol–water partition coefficient (Wildman–Crippen LogP) is 1.55. The Morgan fingerprint density at radius 1 is 1.56 bits per heavy atom. The highest BCUT2D eigenvalue weighted by Gasteiger charge is 2.37. The monoisotopic (exact) mass is 265 g/mol. The Bertz CT molecular complexity index is 445. The van der Waals surface area contributed by atoms with Crippen LogP contribution in [0, 0.1) is 12.8 Å². The summed E-state index contributed by atoms with van der Waals surface area (Å²) >= 11 is 1.66. The Hall–Kier alpha value is -0.940. The molecule has 1 aromatic rings. The van der Waals surface area contributed by atoms with Crippen molar-refractivity contribution < 1.29 is 4.79 Å². The first-order valence-electron chi connectivity index (χ1n) is 6.65. The van der Waals surface area contributed by atoms with Crippen molar-refractivity contribution >= 4 is 17.2 Å². The Balaban J connectivity index is 1.76. The highest BCUT2D eigenvalue weighted by Crippen LogP contribution is 2.29. The number of fused-ring (bicyclic) bond motifs is 1. The van der Waals surface area contributed by atoms with Gasteiger partial charge in [-0.1, -0.05) is 0 Å². The van der Waals surface area contributed by atoms with E-state index in [1.807, 2.05) is 6.92 Å². The molecule has 1 amide bonds. The minimum absolute atomic E-state index is 0.309. The van der Waals surface area contributed by atoms with E-state index >= 15 is 0 Å². The number of nitrogens with one attached hydrogen (secondary N) is 1. The third-order valence-corrected chi connectivity index (χ3v) is 4.84. The van der Waals surface area contributed by atoms with E-state index in [2.05, 4.69) is 20.6 Å². The smallest absolute Gasteiger partial charge is 0.223 e. The minimum atomic E-state index is 0.309. The van der Waals surface area contributed by atoms with Gasteiger partial charge in [-0.05, 0) is 38.8 Å². The van der Waals surface area contributed by atoms with Crippen molar-refractivity contribution in [2.24, 2.45) is 5.92 Å². The second-order valence-electron chi connectivity index (χ2n) is 5.24. The van der Waals surface area contributed by atoms with Gasteiger partial charge in [-0.3, -0.25) is 4.79 Å². The number of amides is 1. The summed E-state index contributed by atoms with van der Waals surface area (Å²) < 4.78 is 0. The van der Waals surface area contributed by atoms with Crippen LogP contribution < -0.4 is 5.32 Å². The van der Waals surface area contributed by atoms with Crippen LogP contribution in [-0.4, -0.2) is 34.9 Å². The van der Waals surface area contributed by atoms with Crippen molar-refractivity contribution in [1.29, 1.82) is 0 Å². The van der Waals surface area contributed by atoms with E-state index in [4.69, 9.17) is 0 Å². The molecule has 1 N–H and O–H groups in total. The molecule has 18 heavy (non-hydrogen) atoms. The van der Waals surface area contributed by atoms with Gasteiger partial charge in [0.1, 0.15) is 0 Å². The molecule has 2 unspecified atom stereocenters. The maximum atomic E-state index is 12.1. The van der Waals surface area contributed by atoms with Crippen molar-refractivity contribution in [2.75, 3.05) is 13.1 Å². The Morgan fingerprint density at radius 2 is 2.44 bits per heavy atom. The van der Waals surface area contributed by atoms with Gasteiger partial charge in [0.05, 0.1) is 17.2 Å². The lowest BCUT2D eigenvalue weighted by molar-refractivity contribution is -0.140. The number of nitrogens with zero attached hydrogens (tertiary/aromatic N) is 2. The number of hydrogen-bond acceptors (Lipinski definition) is 4. The zero-order valence-electron chi connectivity index (χ0n) is 10.7. The van der Waals surface area contributed by atoms with E-state index in [0.717, 1.165) is 36.6 Å². The van der Waals surface area contributed by atoms with Crippen LogP contribution in [0.3, 0.4) is 0 Å². The molecule has 2 saturated heterocycles. The lowest BCUT2D eigenvalue weighted by Crippen LogP contribution is -2.54. The Kier molecular flexibility index (Phi) is 3.35. The summed E-state index contributed by atoms with van der Waals surface area (Å²) in [7, 11) is 0. The van der Waals surface area contributed by atoms with Crippen LogP contribution in [0.5, 0.6) is 0 Å². The van der Waals surface area contributed by atoms with Crippen LogP contribution in [-0.2, 0) is 11.3 Å². The third kappa shape index (κ3) is 2.29. The number of carbonyl (C=O) groups excluding carboxylic acids is 1. The molecular formula is C13H19N3OS. The summed E-state index contributed by atoms with van der Waals surface area (Å²) in [6, 6.07) is 0.425. The first-order valence-corrected chi connectivity index (χ1v) is 7.53. The van der Waals surface area contributed by atoms with Crippen LogP contribution in [0.1, 0.15) is 30.0 Å². The fraction of sp³-hybridized carbons (Fsp3) is 0.692. The molecule has 2 atom stereocenters. The number of aromatic nitrogens is 1. The summed E-state index contributed by atoms with van der Waals surface area (Å²) in [6.07, 6.45) is 2.83. The Labute approximate surface area is 111 Å². The molecule has 0 aromatic carbocycles. The normalized spacial score (nSPS) is 28.3. The predicted molar refractivity (Wildman–Crippen MR) is 71.4 cm³/mol. The van der Waals surface area contributed by atoms with Crippen molar-refractivity contribution in [3.63, 3.8) is 0 Å². The number of piperidine rings is 2. The van der Waals surface area contributed by atoms with Crippen LogP contribution >= 0.6 is 11.3 Å². The molecule has 1 aromatic heterocycles. The van der Waals surface area contributed by atoms with E-state index in [9.17, 15) is 4.79 Å². The highest BCUT2D eigenvalue weighted by atomic mass is 32.1. The fourth-order valence-corrected chi connectivity index (χ4v) is 3.72. The van der Waals surface area contributed by atoms with Crippen molar-refractivity contribution in [2.45, 2.75) is 38.8 Å². The molecule has 3 heterocycles. The zero-order chi connectivity index (χ0) is 12.5. The van der Waals surface area contributed by atoms with Gasteiger partial charge in [0.15, 0.2) is 0 Å². The average Bonchev–Trinajstić information content (AvgIpc) is 2.79. The molecule has 2 fully saturated rings. The minimum Gasteiger partial charge on any atom is -0.333 e. The van der Waals surface area contributed by atoms with Crippen molar-refractivity contribution in [1.82, 2.24) is 15.2 Å². The largest absolute Gasteiger partial charge is 0.333 e. The molecule has 5 heteroatoms. The van der Waals surface area contributed by atoms with E-state index in [1.54, 1.807) is 11.3 Å². The third-order valence-electron chi connectivity index (χ3n) is 4.02. The van der Waals surface area contributed by atoms with E-state index in [0.29, 0.717) is 30.8 Å². The standard InChI is InChI=1S/C13H19N3OS/c1-9-15-11(8-18-9)7-16-12-4-5-14-6-10(12)2-3-13(16)17/h8,10,12,14H,2-7H2,1H3. The molecule has 3 rings (SSSR count). The topological polar surface area (TPSA) is 45.2 Å². The molecule has 4 nitrogen and oxygen atoms in total. The van der Waals surface area contributed by atoms with Gasteiger partial charge < -0.3 is 10.2 Å². The van der Waals surface area contributed by atoms with Crippen molar-refractivity contribution in [3.05, 3.63) is 16.1 Å². The molecule has 0 bridgehead atoms. The van der Waals surface area contributed by atoms with Crippen LogP contribution in [0.15, 0.2) is 5.38 Å². The molecule has 0 saturated carbocycles. The molecule has 2 aliphatic rings. The van der Waals surface area contributed by atoms with Gasteiger partial charge in [-0.25, -0.2) is 4.98 Å². The molecule has 0 radical (unpaired) electrons.